The van der Waals surface area contributed by atoms with Crippen LogP contribution >= 0.6 is 0 Å². The molecule has 256 valence electrons. The van der Waals surface area contributed by atoms with E-state index in [0.717, 1.165) is 38.5 Å². The SMILES string of the molecule is CCCCCCCCCCCCCC(=O)C(CCCCCCCCCCCC)(CCCCCCCCCCCC)C(=O)O. The Morgan fingerprint density at radius 3 is 0.860 bits per heavy atom. The lowest BCUT2D eigenvalue weighted by molar-refractivity contribution is -0.156. The molecule has 0 fully saturated rings. The molecule has 1 N–H and O–H groups in total. The number of carboxylic acids is 1. The van der Waals surface area contributed by atoms with Crippen LogP contribution in [0, 0.1) is 5.41 Å². The second kappa shape index (κ2) is 32.5. The van der Waals surface area contributed by atoms with Crippen molar-refractivity contribution in [2.45, 2.75) is 239 Å². The molecule has 0 radical (unpaired) electrons. The fourth-order valence-corrected chi connectivity index (χ4v) is 6.75. The van der Waals surface area contributed by atoms with Crippen LogP contribution in [0.2, 0.25) is 0 Å². The van der Waals surface area contributed by atoms with Gasteiger partial charge in [0.1, 0.15) is 11.2 Å². The molecule has 43 heavy (non-hydrogen) atoms. The van der Waals surface area contributed by atoms with Crippen LogP contribution in [0.3, 0.4) is 0 Å². The lowest BCUT2D eigenvalue weighted by atomic mass is 9.73. The lowest BCUT2D eigenvalue weighted by Gasteiger charge is -2.28. The van der Waals surface area contributed by atoms with Gasteiger partial charge in [0.2, 0.25) is 0 Å². The number of carboxylic acid groups (broad SMARTS) is 1. The summed E-state index contributed by atoms with van der Waals surface area (Å²) in [4.78, 5) is 26.3. The van der Waals surface area contributed by atoms with Gasteiger partial charge in [0.25, 0.3) is 0 Å². The molecule has 0 aliphatic carbocycles. The van der Waals surface area contributed by atoms with E-state index in [1.165, 1.54) is 161 Å². The zero-order valence-electron chi connectivity index (χ0n) is 29.8. The van der Waals surface area contributed by atoms with E-state index in [0.29, 0.717) is 19.3 Å². The van der Waals surface area contributed by atoms with Crippen molar-refractivity contribution in [1.82, 2.24) is 0 Å². The Morgan fingerprint density at radius 1 is 0.372 bits per heavy atom. The van der Waals surface area contributed by atoms with Crippen LogP contribution in [0.15, 0.2) is 0 Å². The molecule has 0 rings (SSSR count). The Morgan fingerprint density at radius 2 is 0.605 bits per heavy atom. The van der Waals surface area contributed by atoms with Crippen molar-refractivity contribution >= 4 is 11.8 Å². The van der Waals surface area contributed by atoms with Gasteiger partial charge in [-0.1, -0.05) is 213 Å². The van der Waals surface area contributed by atoms with E-state index in [1.807, 2.05) is 0 Å². The Balaban J connectivity index is 4.56. The molecule has 0 aromatic rings. The van der Waals surface area contributed by atoms with Gasteiger partial charge in [-0.25, -0.2) is 0 Å². The molecular weight excluding hydrogens is 528 g/mol. The maximum atomic E-state index is 13.6. The summed E-state index contributed by atoms with van der Waals surface area (Å²) in [6.45, 7) is 6.79. The number of hydrogen-bond donors (Lipinski definition) is 1. The van der Waals surface area contributed by atoms with Crippen molar-refractivity contribution in [2.75, 3.05) is 0 Å². The molecule has 3 heteroatoms. The number of aliphatic carboxylic acids is 1. The Kier molecular flexibility index (Phi) is 31.9. The first-order valence-electron chi connectivity index (χ1n) is 19.8. The van der Waals surface area contributed by atoms with E-state index in [-0.39, 0.29) is 5.78 Å². The van der Waals surface area contributed by atoms with Gasteiger partial charge in [0.15, 0.2) is 0 Å². The number of ketones is 1. The van der Waals surface area contributed by atoms with Crippen LogP contribution in [0.4, 0.5) is 0 Å². The largest absolute Gasteiger partial charge is 0.480 e. The third-order valence-corrected chi connectivity index (χ3v) is 9.86. The van der Waals surface area contributed by atoms with Crippen LogP contribution in [0.1, 0.15) is 239 Å². The third kappa shape index (κ3) is 25.1. The zero-order valence-corrected chi connectivity index (χ0v) is 29.8. The molecule has 0 amide bonds. The molecular formula is C40H78O3. The van der Waals surface area contributed by atoms with Crippen molar-refractivity contribution in [3.8, 4) is 0 Å². The van der Waals surface area contributed by atoms with E-state index in [4.69, 9.17) is 0 Å². The topological polar surface area (TPSA) is 54.4 Å². The molecule has 0 spiro atoms. The highest BCUT2D eigenvalue weighted by molar-refractivity contribution is 6.03. The first-order chi connectivity index (χ1) is 21.0. The van der Waals surface area contributed by atoms with E-state index in [9.17, 15) is 14.7 Å². The molecule has 0 aromatic heterocycles. The fraction of sp³-hybridized carbons (Fsp3) is 0.950. The second-order valence-electron chi connectivity index (χ2n) is 14.0. The van der Waals surface area contributed by atoms with Gasteiger partial charge in [-0.3, -0.25) is 9.59 Å². The minimum absolute atomic E-state index is 0.0303. The van der Waals surface area contributed by atoms with Crippen LogP contribution in [0.5, 0.6) is 0 Å². The predicted octanol–water partition coefficient (Wildman–Crippen LogP) is 13.9. The van der Waals surface area contributed by atoms with Crippen LogP contribution in [-0.2, 0) is 9.59 Å². The molecule has 0 aliphatic heterocycles. The van der Waals surface area contributed by atoms with Gasteiger partial charge >= 0.3 is 5.97 Å². The molecule has 0 aliphatic rings. The highest BCUT2D eigenvalue weighted by Crippen LogP contribution is 2.35. The van der Waals surface area contributed by atoms with E-state index >= 15 is 0 Å². The quantitative estimate of drug-likeness (QED) is 0.0570. The second-order valence-corrected chi connectivity index (χ2v) is 14.0. The first-order valence-corrected chi connectivity index (χ1v) is 19.8. The normalized spacial score (nSPS) is 11.8. The summed E-state index contributed by atoms with van der Waals surface area (Å²) < 4.78 is 0. The molecule has 0 aromatic carbocycles. The van der Waals surface area contributed by atoms with Gasteiger partial charge in [0, 0.05) is 6.42 Å². The van der Waals surface area contributed by atoms with Crippen LogP contribution < -0.4 is 0 Å². The molecule has 0 unspecified atom stereocenters. The molecule has 0 heterocycles. The number of carbonyl (C=O) groups is 2. The Hall–Kier alpha value is -0.860. The molecule has 0 saturated carbocycles. The van der Waals surface area contributed by atoms with Gasteiger partial charge < -0.3 is 5.11 Å². The Labute approximate surface area is 270 Å². The summed E-state index contributed by atoms with van der Waals surface area (Å²) in [5, 5.41) is 10.4. The fourth-order valence-electron chi connectivity index (χ4n) is 6.75. The van der Waals surface area contributed by atoms with E-state index < -0.39 is 11.4 Å². The molecule has 0 bridgehead atoms. The maximum Gasteiger partial charge on any atom is 0.317 e. The van der Waals surface area contributed by atoms with Crippen molar-refractivity contribution < 1.29 is 14.7 Å². The third-order valence-electron chi connectivity index (χ3n) is 9.86. The summed E-state index contributed by atoms with van der Waals surface area (Å²) in [6, 6.07) is 0. The lowest BCUT2D eigenvalue weighted by Crippen LogP contribution is -2.39. The maximum absolute atomic E-state index is 13.6. The highest BCUT2D eigenvalue weighted by Gasteiger charge is 2.43. The molecule has 3 nitrogen and oxygen atoms in total. The zero-order chi connectivity index (χ0) is 31.7. The number of hydrogen-bond acceptors (Lipinski definition) is 2. The van der Waals surface area contributed by atoms with Crippen molar-refractivity contribution in [2.24, 2.45) is 5.41 Å². The van der Waals surface area contributed by atoms with Crippen molar-refractivity contribution in [3.63, 3.8) is 0 Å². The predicted molar refractivity (Wildman–Crippen MR) is 189 cm³/mol. The standard InChI is InChI=1S/C40H78O3/c1-4-7-10-13-16-19-22-23-26-29-32-35-38(41)40(39(42)43,36-33-30-27-24-20-17-14-11-8-5-2)37-34-31-28-25-21-18-15-12-9-6-3/h4-37H2,1-3H3,(H,42,43). The summed E-state index contributed by atoms with van der Waals surface area (Å²) in [6.07, 6.45) is 40.0. The van der Waals surface area contributed by atoms with Gasteiger partial charge in [0.05, 0.1) is 0 Å². The van der Waals surface area contributed by atoms with Crippen molar-refractivity contribution in [1.29, 1.82) is 0 Å². The first kappa shape index (κ1) is 42.1. The minimum atomic E-state index is -1.14. The molecule has 0 saturated heterocycles. The number of Topliss-reactive ketones (excluding diaryl/α,β-unsaturated/α-hetero) is 1. The monoisotopic (exact) mass is 607 g/mol. The highest BCUT2D eigenvalue weighted by atomic mass is 16.4. The summed E-state index contributed by atoms with van der Waals surface area (Å²) in [7, 11) is 0. The van der Waals surface area contributed by atoms with Gasteiger partial charge in [-0.15, -0.1) is 0 Å². The van der Waals surface area contributed by atoms with Gasteiger partial charge in [-0.05, 0) is 19.3 Å². The average Bonchev–Trinajstić information content (AvgIpc) is 3.00. The van der Waals surface area contributed by atoms with Crippen molar-refractivity contribution in [3.05, 3.63) is 0 Å². The minimum Gasteiger partial charge on any atom is -0.480 e. The summed E-state index contributed by atoms with van der Waals surface area (Å²) in [5.74, 6) is -0.810. The Bertz CT molecular complexity index is 575. The van der Waals surface area contributed by atoms with Crippen LogP contribution in [-0.4, -0.2) is 16.9 Å². The summed E-state index contributed by atoms with van der Waals surface area (Å²) >= 11 is 0. The average molecular weight is 607 g/mol. The van der Waals surface area contributed by atoms with E-state index in [2.05, 4.69) is 20.8 Å². The van der Waals surface area contributed by atoms with Gasteiger partial charge in [-0.2, -0.15) is 0 Å². The van der Waals surface area contributed by atoms with Crippen LogP contribution in [0.25, 0.3) is 0 Å². The molecule has 0 atom stereocenters. The number of rotatable bonds is 36. The smallest absolute Gasteiger partial charge is 0.317 e. The number of carbonyl (C=O) groups excluding carboxylic acids is 1. The van der Waals surface area contributed by atoms with E-state index in [1.54, 1.807) is 0 Å². The number of unbranched alkanes of at least 4 members (excludes halogenated alkanes) is 28. The summed E-state index contributed by atoms with van der Waals surface area (Å²) in [5.41, 5.74) is -1.14.